The zero-order chi connectivity index (χ0) is 11.1. The molecule has 0 heterocycles. The molecule has 0 unspecified atom stereocenters. The molecule has 0 spiro atoms. The first-order valence-electron chi connectivity index (χ1n) is 2.12. The Labute approximate surface area is 69.3 Å². The van der Waals surface area contributed by atoms with Crippen molar-refractivity contribution in [3.8, 4) is 0 Å². The molecule has 0 bridgehead atoms. The van der Waals surface area contributed by atoms with Gasteiger partial charge in [-0.3, -0.25) is 0 Å². The van der Waals surface area contributed by atoms with Crippen molar-refractivity contribution in [1.29, 1.82) is 0 Å². The van der Waals surface area contributed by atoms with Crippen LogP contribution in [0, 0.1) is 30.3 Å². The Morgan fingerprint density at radius 1 is 0.769 bits per heavy atom. The summed E-state index contributed by atoms with van der Waals surface area (Å²) in [5, 5.41) is 30.5. The van der Waals surface area contributed by atoms with Crippen molar-refractivity contribution in [3.05, 3.63) is 30.3 Å². The Kier molecular flexibility index (Phi) is 1.70. The van der Waals surface area contributed by atoms with Gasteiger partial charge < -0.3 is 0 Å². The molecule has 0 saturated carbocycles. The van der Waals surface area contributed by atoms with Crippen LogP contribution in [0.2, 0.25) is 0 Å². The molecule has 13 heteroatoms. The Balaban J connectivity index is 6.16. The number of nitro groups is 3. The summed E-state index contributed by atoms with van der Waals surface area (Å²) in [6, 6.07) is 0. The summed E-state index contributed by atoms with van der Waals surface area (Å²) in [6.45, 7) is 0. The molecule has 6 N–H and O–H groups in total. The molecule has 84 valence electrons. The number of nitrogens with two attached hydrogens (primary N) is 3. The Morgan fingerprint density at radius 3 is 0.923 bits per heavy atom. The van der Waals surface area contributed by atoms with Crippen LogP contribution >= 0.6 is 0 Å². The SMILES string of the molecule is [NH2][Co-3]([NH2])([NH2])([N+](=O)[O-])([N+](=O)[O-])[N+](=O)[O-]. The molecule has 0 aromatic rings. The van der Waals surface area contributed by atoms with Crippen molar-refractivity contribution in [2.24, 2.45) is 14.3 Å². The van der Waals surface area contributed by atoms with Gasteiger partial charge in [0, 0.05) is 0 Å². The van der Waals surface area contributed by atoms with Gasteiger partial charge in [-0.2, -0.15) is 0 Å². The Bertz CT molecular complexity index is 271. The fourth-order valence-electron chi connectivity index (χ4n) is 0.133. The summed E-state index contributed by atoms with van der Waals surface area (Å²) in [6.07, 6.45) is 0. The van der Waals surface area contributed by atoms with Gasteiger partial charge in [-0.1, -0.05) is 0 Å². The maximum atomic E-state index is 10.2. The van der Waals surface area contributed by atoms with Crippen LogP contribution in [0.1, 0.15) is 0 Å². The second-order valence-electron chi connectivity index (χ2n) is 1.90. The second kappa shape index (κ2) is 1.91. The molecule has 0 aliphatic rings. The third-order valence-corrected chi connectivity index (χ3v) is 3.95. The van der Waals surface area contributed by atoms with Crippen LogP contribution in [0.3, 0.4) is 0 Å². The second-order valence-corrected chi connectivity index (χ2v) is 7.12. The Morgan fingerprint density at radius 2 is 0.923 bits per heavy atom. The van der Waals surface area contributed by atoms with Gasteiger partial charge in [0.2, 0.25) is 0 Å². The van der Waals surface area contributed by atoms with E-state index in [1.807, 2.05) is 0 Å². The van der Waals surface area contributed by atoms with Crippen LogP contribution in [-0.2, 0) is 11.8 Å². The van der Waals surface area contributed by atoms with E-state index in [2.05, 4.69) is 14.3 Å². The van der Waals surface area contributed by atoms with Gasteiger partial charge >= 0.3 is 68.4 Å². The first-order chi connectivity index (χ1) is 5.40. The summed E-state index contributed by atoms with van der Waals surface area (Å²) < 4.78 is -6.16. The van der Waals surface area contributed by atoms with Gasteiger partial charge in [0.15, 0.2) is 0 Å². The van der Waals surface area contributed by atoms with Crippen molar-refractivity contribution < 1.29 is 23.7 Å². The molecule has 0 aromatic carbocycles. The number of nitrogens with zero attached hydrogens (tertiary/aromatic N) is 3. The zero-order valence-corrected chi connectivity index (χ0v) is 6.90. The van der Waals surface area contributed by atoms with Gasteiger partial charge in [-0.05, 0) is 0 Å². The molecule has 0 aromatic heterocycles. The van der Waals surface area contributed by atoms with E-state index in [0.29, 0.717) is 0 Å². The molecule has 0 amide bonds. The molecule has 0 aliphatic carbocycles. The molecule has 0 atom stereocenters. The third kappa shape index (κ3) is 0.955. The first kappa shape index (κ1) is 11.6. The summed E-state index contributed by atoms with van der Waals surface area (Å²) in [4.78, 5) is 43.7. The van der Waals surface area contributed by atoms with Crippen LogP contribution in [0.5, 0.6) is 0 Å². The van der Waals surface area contributed by atoms with E-state index in [0.717, 1.165) is 0 Å². The summed E-state index contributed by atoms with van der Waals surface area (Å²) in [5.41, 5.74) is 0. The molecule has 0 rings (SSSR count). The summed E-state index contributed by atoms with van der Waals surface area (Å²) >= 11 is -7.45. The topological polar surface area (TPSA) is 207 Å². The molecule has 0 aliphatic heterocycles. The number of hydrogen-bond donors (Lipinski definition) is 3. The monoisotopic (exact) mass is 245 g/mol. The van der Waals surface area contributed by atoms with E-state index in [9.17, 15) is 30.3 Å². The van der Waals surface area contributed by atoms with Crippen LogP contribution in [0.25, 0.3) is 0 Å². The zero-order valence-electron chi connectivity index (χ0n) is 5.86. The predicted molar refractivity (Wildman–Crippen MR) is 33.5 cm³/mol. The van der Waals surface area contributed by atoms with Crippen molar-refractivity contribution in [1.82, 2.24) is 0 Å². The normalized spacial score (nSPS) is 16.8. The third-order valence-electron chi connectivity index (χ3n) is 0.959. The summed E-state index contributed by atoms with van der Waals surface area (Å²) in [7, 11) is 0. The standard InChI is InChI=1S/Co.3NO2.3H2N/c;3*2-1-3;;;/h;;;;3*1H2/q;;;;3*-1. The van der Waals surface area contributed by atoms with E-state index in [-0.39, 0.29) is 0 Å². The van der Waals surface area contributed by atoms with Gasteiger partial charge in [0.05, 0.1) is 0 Å². The van der Waals surface area contributed by atoms with E-state index < -0.39 is 23.7 Å². The molecule has 0 saturated heterocycles. The minimum absolute atomic E-state index is 2.05. The molecular formula is H6CoN6O6-3. The fourth-order valence-corrected chi connectivity index (χ4v) is 0.550. The van der Waals surface area contributed by atoms with Crippen LogP contribution in [-0.4, -0.2) is 11.9 Å². The molecule has 0 radical (unpaired) electrons. The Hall–Kier alpha value is -1.41. The molecule has 0 fully saturated rings. The van der Waals surface area contributed by atoms with Crippen LogP contribution in [0.4, 0.5) is 0 Å². The van der Waals surface area contributed by atoms with E-state index in [1.54, 1.807) is 0 Å². The molecular weight excluding hydrogens is 239 g/mol. The van der Waals surface area contributed by atoms with Crippen molar-refractivity contribution in [2.45, 2.75) is 0 Å². The van der Waals surface area contributed by atoms with Gasteiger partial charge in [-0.15, -0.1) is 0 Å². The van der Waals surface area contributed by atoms with Crippen molar-refractivity contribution in [2.75, 3.05) is 0 Å². The fraction of sp³-hybridized carbons (Fsp3) is 0. The molecule has 13 heavy (non-hydrogen) atoms. The first-order valence-corrected chi connectivity index (χ1v) is 5.32. The number of hydrogen-bond acceptors (Lipinski definition) is 9. The van der Waals surface area contributed by atoms with E-state index in [4.69, 9.17) is 0 Å². The van der Waals surface area contributed by atoms with E-state index in [1.165, 1.54) is 0 Å². The summed E-state index contributed by atoms with van der Waals surface area (Å²) in [5.74, 6) is 0. The van der Waals surface area contributed by atoms with Crippen molar-refractivity contribution >= 4 is 0 Å². The predicted octanol–water partition coefficient (Wildman–Crippen LogP) is -2.59. The minimum atomic E-state index is -7.45. The van der Waals surface area contributed by atoms with Gasteiger partial charge in [0.25, 0.3) is 0 Å². The van der Waals surface area contributed by atoms with Crippen molar-refractivity contribution in [3.63, 3.8) is 0 Å². The van der Waals surface area contributed by atoms with Gasteiger partial charge in [-0.25, -0.2) is 0 Å². The van der Waals surface area contributed by atoms with E-state index >= 15 is 0 Å². The quantitative estimate of drug-likeness (QED) is 0.351. The average molecular weight is 245 g/mol. The van der Waals surface area contributed by atoms with Crippen LogP contribution < -0.4 is 14.3 Å². The van der Waals surface area contributed by atoms with Crippen LogP contribution in [0.15, 0.2) is 0 Å². The maximum absolute atomic E-state index is 10.2. The average Bonchev–Trinajstić information content (AvgIpc) is 1.86. The van der Waals surface area contributed by atoms with Gasteiger partial charge in [0.1, 0.15) is 0 Å². The molecule has 12 nitrogen and oxygen atoms in total. The number of rotatable bonds is 3.